The fourth-order valence-electron chi connectivity index (χ4n) is 5.79. The number of sulfonamides is 2. The van der Waals surface area contributed by atoms with Crippen LogP contribution < -0.4 is 14.2 Å². The Hall–Kier alpha value is -5.48. The molecule has 54 heavy (non-hydrogen) atoms. The van der Waals surface area contributed by atoms with Crippen LogP contribution in [0.1, 0.15) is 31.8 Å². The molecule has 6 rings (SSSR count). The summed E-state index contributed by atoms with van der Waals surface area (Å²) in [6, 6.07) is 26.8. The van der Waals surface area contributed by atoms with Crippen molar-refractivity contribution in [2.75, 3.05) is 28.3 Å². The lowest BCUT2D eigenvalue weighted by Crippen LogP contribution is -2.53. The minimum absolute atomic E-state index is 0.0492. The van der Waals surface area contributed by atoms with Gasteiger partial charge in [-0.15, -0.1) is 0 Å². The predicted molar refractivity (Wildman–Crippen MR) is 202 cm³/mol. The second-order valence-corrected chi connectivity index (χ2v) is 16.5. The van der Waals surface area contributed by atoms with Gasteiger partial charge in [0, 0.05) is 24.7 Å². The molecule has 5 aromatic rings. The number of hydrogen-bond acceptors (Lipinski definition) is 8. The van der Waals surface area contributed by atoms with E-state index in [1.54, 1.807) is 54.6 Å². The number of hydrogen-bond donors (Lipinski definition) is 4. The number of carboxylic acid groups (broad SMARTS) is 2. The van der Waals surface area contributed by atoms with Crippen LogP contribution in [0, 0.1) is 5.82 Å². The number of halogens is 2. The van der Waals surface area contributed by atoms with E-state index in [4.69, 9.17) is 16.3 Å². The first-order valence-corrected chi connectivity index (χ1v) is 19.9. The summed E-state index contributed by atoms with van der Waals surface area (Å²) >= 11 is 5.88. The first-order valence-electron chi connectivity index (χ1n) is 16.4. The summed E-state index contributed by atoms with van der Waals surface area (Å²) in [5.74, 6) is -3.11. The largest absolute Gasteiger partial charge is 0.488 e. The highest BCUT2D eigenvalue weighted by molar-refractivity contribution is 7.93. The number of nitrogens with zero attached hydrogens (tertiary/aromatic N) is 1. The van der Waals surface area contributed by atoms with E-state index >= 15 is 0 Å². The highest BCUT2D eigenvalue weighted by atomic mass is 35.5. The Labute approximate surface area is 315 Å². The summed E-state index contributed by atoms with van der Waals surface area (Å²) in [6.45, 7) is 1.19. The van der Waals surface area contributed by atoms with E-state index in [0.717, 1.165) is 5.56 Å². The molecule has 16 heteroatoms. The molecule has 0 atom stereocenters. The molecule has 1 heterocycles. The van der Waals surface area contributed by atoms with Gasteiger partial charge in [-0.25, -0.2) is 30.8 Å². The number of benzene rings is 5. The highest BCUT2D eigenvalue weighted by Crippen LogP contribution is 2.29. The van der Waals surface area contributed by atoms with Crippen LogP contribution in [-0.4, -0.2) is 68.8 Å². The van der Waals surface area contributed by atoms with Crippen molar-refractivity contribution in [2.45, 2.75) is 24.0 Å². The Balaban J connectivity index is 1.04. The lowest BCUT2D eigenvalue weighted by molar-refractivity contribution is 0.0144. The third-order valence-electron chi connectivity index (χ3n) is 8.59. The Bertz CT molecular complexity index is 2410. The fraction of sp³-hybridized carbons (Fsp3) is 0.158. The Morgan fingerprint density at radius 3 is 1.93 bits per heavy atom. The number of nitrogens with one attached hydrogen (secondary N) is 2. The van der Waals surface area contributed by atoms with E-state index in [9.17, 15) is 41.0 Å². The van der Waals surface area contributed by atoms with Crippen LogP contribution in [-0.2, 0) is 33.0 Å². The second kappa shape index (κ2) is 15.9. The number of aromatic carboxylic acids is 2. The average molecular weight is 794 g/mol. The fourth-order valence-corrected chi connectivity index (χ4v) is 8.11. The number of likely N-dealkylation sites (tertiary alicyclic amines) is 1. The average Bonchev–Trinajstić information content (AvgIpc) is 3.11. The van der Waals surface area contributed by atoms with E-state index in [-0.39, 0.29) is 51.4 Å². The third-order valence-corrected chi connectivity index (χ3v) is 11.5. The zero-order valence-electron chi connectivity index (χ0n) is 28.3. The first-order chi connectivity index (χ1) is 25.6. The summed E-state index contributed by atoms with van der Waals surface area (Å²) in [7, 11) is -8.03. The molecule has 12 nitrogen and oxygen atoms in total. The maximum absolute atomic E-state index is 13.3. The highest BCUT2D eigenvalue weighted by Gasteiger charge is 2.30. The molecular formula is C38H33ClFN3O9S2. The van der Waals surface area contributed by atoms with Gasteiger partial charge in [-0.05, 0) is 95.4 Å². The lowest BCUT2D eigenvalue weighted by atomic mass is 10.1. The van der Waals surface area contributed by atoms with Crippen molar-refractivity contribution in [3.05, 3.63) is 142 Å². The Kier molecular flexibility index (Phi) is 11.2. The van der Waals surface area contributed by atoms with Crippen LogP contribution in [0.5, 0.6) is 5.75 Å². The monoisotopic (exact) mass is 793 g/mol. The molecule has 0 unspecified atom stereocenters. The maximum Gasteiger partial charge on any atom is 0.337 e. The zero-order valence-corrected chi connectivity index (χ0v) is 30.7. The molecule has 1 fully saturated rings. The predicted octanol–water partition coefficient (Wildman–Crippen LogP) is 6.59. The van der Waals surface area contributed by atoms with E-state index in [1.807, 2.05) is 4.90 Å². The van der Waals surface area contributed by atoms with Gasteiger partial charge in [-0.1, -0.05) is 54.1 Å². The molecule has 1 aliphatic heterocycles. The molecule has 0 saturated carbocycles. The molecule has 0 bridgehead atoms. The van der Waals surface area contributed by atoms with Crippen molar-refractivity contribution in [1.82, 2.24) is 4.90 Å². The van der Waals surface area contributed by atoms with Crippen LogP contribution in [0.3, 0.4) is 0 Å². The molecule has 0 aliphatic carbocycles. The molecule has 0 aromatic heterocycles. The summed E-state index contributed by atoms with van der Waals surface area (Å²) in [5.41, 5.74) is 2.03. The summed E-state index contributed by atoms with van der Waals surface area (Å²) in [5, 5.41) is 20.2. The van der Waals surface area contributed by atoms with E-state index < -0.39 is 37.8 Å². The molecular weight excluding hydrogens is 761 g/mol. The van der Waals surface area contributed by atoms with Crippen molar-refractivity contribution in [1.29, 1.82) is 0 Å². The second-order valence-electron chi connectivity index (χ2n) is 12.6. The maximum atomic E-state index is 13.3. The molecule has 0 amide bonds. The summed E-state index contributed by atoms with van der Waals surface area (Å²) < 4.78 is 75.7. The van der Waals surface area contributed by atoms with E-state index in [1.165, 1.54) is 54.6 Å². The van der Waals surface area contributed by atoms with Gasteiger partial charge in [0.1, 0.15) is 17.7 Å². The van der Waals surface area contributed by atoms with Gasteiger partial charge in [0.2, 0.25) is 10.0 Å². The molecule has 0 radical (unpaired) electrons. The number of carboxylic acids is 2. The van der Waals surface area contributed by atoms with Gasteiger partial charge in [-0.2, -0.15) is 0 Å². The minimum atomic E-state index is -4.17. The zero-order chi connectivity index (χ0) is 38.6. The number of anilines is 2. The van der Waals surface area contributed by atoms with Crippen LogP contribution >= 0.6 is 11.6 Å². The third kappa shape index (κ3) is 9.54. The molecule has 0 spiro atoms. The van der Waals surface area contributed by atoms with Gasteiger partial charge < -0.3 is 14.9 Å². The quantitative estimate of drug-likeness (QED) is 0.0904. The van der Waals surface area contributed by atoms with Gasteiger partial charge >= 0.3 is 11.9 Å². The normalized spacial score (nSPS) is 13.5. The van der Waals surface area contributed by atoms with Crippen molar-refractivity contribution < 1.29 is 45.8 Å². The van der Waals surface area contributed by atoms with E-state index in [0.29, 0.717) is 41.3 Å². The number of rotatable bonds is 15. The lowest BCUT2D eigenvalue weighted by Gasteiger charge is -2.39. The van der Waals surface area contributed by atoms with E-state index in [2.05, 4.69) is 9.44 Å². The van der Waals surface area contributed by atoms with Crippen LogP contribution in [0.15, 0.2) is 114 Å². The Morgan fingerprint density at radius 1 is 0.741 bits per heavy atom. The van der Waals surface area contributed by atoms with Gasteiger partial charge in [0.05, 0.1) is 33.2 Å². The van der Waals surface area contributed by atoms with Crippen LogP contribution in [0.2, 0.25) is 5.02 Å². The van der Waals surface area contributed by atoms with Gasteiger partial charge in [0.15, 0.2) is 0 Å². The van der Waals surface area contributed by atoms with Crippen molar-refractivity contribution in [3.63, 3.8) is 0 Å². The van der Waals surface area contributed by atoms with Crippen molar-refractivity contribution in [3.8, 4) is 16.9 Å². The minimum Gasteiger partial charge on any atom is -0.488 e. The SMILES string of the molecule is O=C(O)c1cc(CN2CC(Oc3ccc(NS(=O)(=O)c4ccc(-c5ccc(F)cc5)cc4)c(C(=O)O)c3)C2)ccc1NS(=O)(=O)CCc1ccc(Cl)cc1. The van der Waals surface area contributed by atoms with Gasteiger partial charge in [0.25, 0.3) is 10.0 Å². The van der Waals surface area contributed by atoms with Crippen LogP contribution in [0.25, 0.3) is 11.1 Å². The Morgan fingerprint density at radius 2 is 1.30 bits per heavy atom. The molecule has 280 valence electrons. The first kappa shape index (κ1) is 38.3. The molecule has 5 aromatic carbocycles. The topological polar surface area (TPSA) is 179 Å². The van der Waals surface area contributed by atoms with Crippen LogP contribution in [0.4, 0.5) is 15.8 Å². The molecule has 4 N–H and O–H groups in total. The standard InChI is InChI=1S/C38H33ClFN3O9S2/c39-28-8-1-24(2-9-28)17-18-53(48,49)41-35-15-3-25(19-33(35)37(44)45)21-43-22-31(23-43)52-30-12-16-36(34(20-30)38(46)47)42-54(50,51)32-13-6-27(7-14-32)26-4-10-29(40)11-5-26/h1-16,19-20,31,41-42H,17-18,21-23H2,(H,44,45)(H,46,47). The summed E-state index contributed by atoms with van der Waals surface area (Å²) in [4.78, 5) is 26.0. The molecule has 1 aliphatic rings. The number of carbonyl (C=O) groups is 2. The van der Waals surface area contributed by atoms with Crippen molar-refractivity contribution >= 4 is 55.0 Å². The van der Waals surface area contributed by atoms with Crippen molar-refractivity contribution in [2.24, 2.45) is 0 Å². The van der Waals surface area contributed by atoms with Gasteiger partial charge in [-0.3, -0.25) is 14.3 Å². The number of ether oxygens (including phenoxy) is 1. The number of aryl methyl sites for hydroxylation is 1. The summed E-state index contributed by atoms with van der Waals surface area (Å²) in [6.07, 6.45) is -0.123. The molecule has 1 saturated heterocycles. The smallest absolute Gasteiger partial charge is 0.337 e.